The van der Waals surface area contributed by atoms with E-state index in [1.807, 2.05) is 0 Å². The third-order valence-corrected chi connectivity index (χ3v) is 2.37. The van der Waals surface area contributed by atoms with Gasteiger partial charge >= 0.3 is 0 Å². The van der Waals surface area contributed by atoms with Crippen LogP contribution in [0.2, 0.25) is 5.02 Å². The lowest BCUT2D eigenvalue weighted by Gasteiger charge is -2.06. The molecule has 0 saturated carbocycles. The predicted molar refractivity (Wildman–Crippen MR) is 52.9 cm³/mol. The maximum Gasteiger partial charge on any atom is 0.230 e. The summed E-state index contributed by atoms with van der Waals surface area (Å²) in [5, 5.41) is 11.8. The van der Waals surface area contributed by atoms with E-state index in [-0.39, 0.29) is 11.4 Å². The Morgan fingerprint density at radius 1 is 1.44 bits per heavy atom. The number of nitrogens with two attached hydrogens (primary N) is 1. The van der Waals surface area contributed by atoms with E-state index in [2.05, 4.69) is 9.68 Å². The molecule has 0 atom stereocenters. The lowest BCUT2D eigenvalue weighted by Crippen LogP contribution is -1.94. The third kappa shape index (κ3) is 1.47. The maximum absolute atomic E-state index is 13.6. The second-order valence-electron chi connectivity index (χ2n) is 2.98. The number of benzene rings is 1. The van der Waals surface area contributed by atoms with Crippen molar-refractivity contribution in [1.29, 1.82) is 0 Å². The molecule has 0 aliphatic rings. The number of hydrogen-bond donors (Lipinski definition) is 2. The number of aromatic nitrogens is 1. The van der Waals surface area contributed by atoms with Crippen LogP contribution in [-0.4, -0.2) is 10.3 Å². The summed E-state index contributed by atoms with van der Waals surface area (Å²) in [4.78, 5) is 0. The molecule has 1 heterocycles. The van der Waals surface area contributed by atoms with Crippen molar-refractivity contribution in [3.8, 4) is 16.9 Å². The zero-order valence-corrected chi connectivity index (χ0v) is 8.42. The average molecular weight is 247 g/mol. The van der Waals surface area contributed by atoms with E-state index in [1.54, 1.807) is 0 Å². The minimum atomic E-state index is -1.12. The Hall–Kier alpha value is -1.82. The molecular formula is C9H5ClF2N2O2. The number of nitrogens with zero attached hydrogens (tertiary/aromatic N) is 1. The van der Waals surface area contributed by atoms with Crippen LogP contribution in [-0.2, 0) is 0 Å². The molecule has 16 heavy (non-hydrogen) atoms. The van der Waals surface area contributed by atoms with E-state index >= 15 is 0 Å². The Bertz CT molecular complexity index is 557. The fourth-order valence-electron chi connectivity index (χ4n) is 1.27. The fraction of sp³-hybridized carbons (Fsp3) is 0. The van der Waals surface area contributed by atoms with Crippen LogP contribution in [0.25, 0.3) is 11.1 Å². The van der Waals surface area contributed by atoms with Crippen molar-refractivity contribution >= 4 is 17.5 Å². The average Bonchev–Trinajstić information content (AvgIpc) is 2.62. The van der Waals surface area contributed by atoms with Gasteiger partial charge in [0.2, 0.25) is 5.88 Å². The molecule has 3 N–H and O–H groups in total. The van der Waals surface area contributed by atoms with Gasteiger partial charge in [0, 0.05) is 6.07 Å². The maximum atomic E-state index is 13.6. The van der Waals surface area contributed by atoms with Gasteiger partial charge < -0.3 is 15.4 Å². The molecule has 0 fully saturated rings. The molecule has 0 unspecified atom stereocenters. The minimum absolute atomic E-state index is 0.0584. The van der Waals surface area contributed by atoms with Gasteiger partial charge in [-0.2, -0.15) is 0 Å². The monoisotopic (exact) mass is 246 g/mol. The molecule has 1 aromatic heterocycles. The number of anilines is 1. The molecule has 0 radical (unpaired) electrons. The van der Waals surface area contributed by atoms with Crippen molar-refractivity contribution in [1.82, 2.24) is 5.16 Å². The van der Waals surface area contributed by atoms with E-state index in [1.165, 1.54) is 0 Å². The molecule has 0 aliphatic heterocycles. The predicted octanol–water partition coefficient (Wildman–Crippen LogP) is 2.56. The van der Waals surface area contributed by atoms with Crippen molar-refractivity contribution in [2.24, 2.45) is 0 Å². The topological polar surface area (TPSA) is 72.3 Å². The number of hydrogen-bond acceptors (Lipinski definition) is 4. The Morgan fingerprint density at radius 2 is 2.12 bits per heavy atom. The van der Waals surface area contributed by atoms with E-state index in [4.69, 9.17) is 22.4 Å². The second kappa shape index (κ2) is 3.64. The number of rotatable bonds is 1. The van der Waals surface area contributed by atoms with Crippen molar-refractivity contribution in [3.05, 3.63) is 28.9 Å². The third-order valence-electron chi connectivity index (χ3n) is 2.01. The minimum Gasteiger partial charge on any atom is -0.506 e. The molecule has 0 bridgehead atoms. The van der Waals surface area contributed by atoms with Crippen LogP contribution in [0, 0.1) is 11.6 Å². The van der Waals surface area contributed by atoms with E-state index in [0.29, 0.717) is 6.07 Å². The summed E-state index contributed by atoms with van der Waals surface area (Å²) in [5.74, 6) is -3.04. The van der Waals surface area contributed by atoms with Crippen LogP contribution < -0.4 is 5.73 Å². The molecule has 84 valence electrons. The summed E-state index contributed by atoms with van der Waals surface area (Å²) in [5.41, 5.74) is 4.79. The molecule has 2 aromatic rings. The molecule has 7 heteroatoms. The lowest BCUT2D eigenvalue weighted by atomic mass is 10.1. The molecular weight excluding hydrogens is 242 g/mol. The highest BCUT2D eigenvalue weighted by Crippen LogP contribution is 2.38. The molecule has 1 aromatic carbocycles. The van der Waals surface area contributed by atoms with Crippen molar-refractivity contribution < 1.29 is 18.4 Å². The Labute approximate surface area is 93.2 Å². The fourth-order valence-corrected chi connectivity index (χ4v) is 1.41. The van der Waals surface area contributed by atoms with E-state index in [9.17, 15) is 8.78 Å². The van der Waals surface area contributed by atoms with Gasteiger partial charge in [0.1, 0.15) is 16.6 Å². The number of halogens is 3. The van der Waals surface area contributed by atoms with Crippen molar-refractivity contribution in [2.75, 3.05) is 5.73 Å². The largest absolute Gasteiger partial charge is 0.506 e. The van der Waals surface area contributed by atoms with Gasteiger partial charge in [-0.05, 0) is 0 Å². The normalized spacial score (nSPS) is 10.7. The summed E-state index contributed by atoms with van der Waals surface area (Å²) in [6.07, 6.45) is 1.06. The Kier molecular flexibility index (Phi) is 2.43. The number of aromatic hydroxyl groups is 1. The quantitative estimate of drug-likeness (QED) is 0.759. The summed E-state index contributed by atoms with van der Waals surface area (Å²) >= 11 is 5.44. The number of phenolic OH excluding ortho intramolecular Hbond substituents is 1. The van der Waals surface area contributed by atoms with Crippen LogP contribution >= 0.6 is 11.6 Å². The first-order valence-electron chi connectivity index (χ1n) is 4.09. The Morgan fingerprint density at radius 3 is 2.69 bits per heavy atom. The molecule has 0 aliphatic carbocycles. The van der Waals surface area contributed by atoms with Gasteiger partial charge in [0.05, 0.1) is 17.3 Å². The van der Waals surface area contributed by atoms with Gasteiger partial charge in [-0.15, -0.1) is 0 Å². The Balaban J connectivity index is 2.76. The van der Waals surface area contributed by atoms with E-state index < -0.39 is 28.0 Å². The van der Waals surface area contributed by atoms with Crippen molar-refractivity contribution in [2.45, 2.75) is 0 Å². The zero-order valence-electron chi connectivity index (χ0n) is 7.67. The molecule has 0 spiro atoms. The van der Waals surface area contributed by atoms with Crippen LogP contribution in [0.4, 0.5) is 14.7 Å². The van der Waals surface area contributed by atoms with Gasteiger partial charge in [0.15, 0.2) is 5.82 Å². The molecule has 2 rings (SSSR count). The smallest absolute Gasteiger partial charge is 0.230 e. The highest BCUT2D eigenvalue weighted by atomic mass is 35.5. The van der Waals surface area contributed by atoms with Crippen LogP contribution in [0.15, 0.2) is 16.8 Å². The standard InChI is InChI=1S/C9H5ClF2N2O2/c10-7-5(15)1-4(11)6(8(7)12)3-2-14-16-9(3)13/h1-2,15H,13H2. The summed E-state index contributed by atoms with van der Waals surface area (Å²) < 4.78 is 31.5. The summed E-state index contributed by atoms with van der Waals surface area (Å²) in [7, 11) is 0. The highest BCUT2D eigenvalue weighted by Gasteiger charge is 2.22. The van der Waals surface area contributed by atoms with Crippen LogP contribution in [0.1, 0.15) is 0 Å². The zero-order chi connectivity index (χ0) is 11.9. The number of phenols is 1. The first kappa shape index (κ1) is 10.7. The summed E-state index contributed by atoms with van der Waals surface area (Å²) in [6.45, 7) is 0. The van der Waals surface area contributed by atoms with Gasteiger partial charge in [0.25, 0.3) is 0 Å². The highest BCUT2D eigenvalue weighted by molar-refractivity contribution is 6.32. The second-order valence-corrected chi connectivity index (χ2v) is 3.36. The van der Waals surface area contributed by atoms with Crippen molar-refractivity contribution in [3.63, 3.8) is 0 Å². The van der Waals surface area contributed by atoms with Gasteiger partial charge in [-0.25, -0.2) is 8.78 Å². The SMILES string of the molecule is Nc1oncc1-c1c(F)cc(O)c(Cl)c1F. The molecule has 0 saturated heterocycles. The van der Waals surface area contributed by atoms with Crippen LogP contribution in [0.3, 0.4) is 0 Å². The first-order valence-corrected chi connectivity index (χ1v) is 4.47. The van der Waals surface area contributed by atoms with Gasteiger partial charge in [-0.3, -0.25) is 0 Å². The number of nitrogen functional groups attached to an aromatic ring is 1. The lowest BCUT2D eigenvalue weighted by molar-refractivity contribution is 0.436. The summed E-state index contributed by atoms with van der Waals surface area (Å²) in [6, 6.07) is 0.688. The molecule has 0 amide bonds. The van der Waals surface area contributed by atoms with Crippen LogP contribution in [0.5, 0.6) is 5.75 Å². The van der Waals surface area contributed by atoms with Gasteiger partial charge in [-0.1, -0.05) is 16.8 Å². The molecule has 4 nitrogen and oxygen atoms in total. The first-order chi connectivity index (χ1) is 7.52. The van der Waals surface area contributed by atoms with E-state index in [0.717, 1.165) is 6.20 Å².